The zero-order chi connectivity index (χ0) is 18.2. The molecular formula is C23H35NO2. The highest BCUT2D eigenvalue weighted by Crippen LogP contribution is 2.69. The Labute approximate surface area is 158 Å². The molecule has 0 saturated heterocycles. The number of aliphatic imine (C=N–C) groups is 1. The second-order valence-corrected chi connectivity index (χ2v) is 10.6. The molecule has 4 fully saturated rings. The summed E-state index contributed by atoms with van der Waals surface area (Å²) < 4.78 is 0. The lowest BCUT2D eigenvalue weighted by Gasteiger charge is -2.63. The van der Waals surface area contributed by atoms with Crippen LogP contribution in [0.2, 0.25) is 0 Å². The molecule has 0 aromatic carbocycles. The minimum absolute atomic E-state index is 0.0148. The van der Waals surface area contributed by atoms with Crippen LogP contribution in [0.5, 0.6) is 0 Å². The summed E-state index contributed by atoms with van der Waals surface area (Å²) in [5, 5.41) is 22.3. The largest absolute Gasteiger partial charge is 0.393 e. The summed E-state index contributed by atoms with van der Waals surface area (Å²) in [7, 11) is 0. The van der Waals surface area contributed by atoms with Gasteiger partial charge in [-0.05, 0) is 81.0 Å². The second kappa shape index (κ2) is 5.67. The fraction of sp³-hybridized carbons (Fsp3) is 0.870. The first kappa shape index (κ1) is 17.4. The first-order chi connectivity index (χ1) is 12.4. The maximum Gasteiger partial charge on any atom is 0.0738 e. The Kier molecular flexibility index (Phi) is 3.80. The summed E-state index contributed by atoms with van der Waals surface area (Å²) in [6.45, 7) is 4.86. The normalized spacial score (nSPS) is 55.8. The molecule has 3 heteroatoms. The monoisotopic (exact) mass is 357 g/mol. The molecule has 1 aliphatic heterocycles. The van der Waals surface area contributed by atoms with Gasteiger partial charge in [-0.25, -0.2) is 0 Å². The highest BCUT2D eigenvalue weighted by atomic mass is 16.3. The average molecular weight is 358 g/mol. The molecule has 2 N–H and O–H groups in total. The highest BCUT2D eigenvalue weighted by molar-refractivity contribution is 5.65. The van der Waals surface area contributed by atoms with Gasteiger partial charge >= 0.3 is 0 Å². The number of aliphatic hydroxyl groups is 2. The van der Waals surface area contributed by atoms with E-state index < -0.39 is 5.60 Å². The van der Waals surface area contributed by atoms with Crippen molar-refractivity contribution in [2.45, 2.75) is 89.8 Å². The molecule has 5 rings (SSSR count). The van der Waals surface area contributed by atoms with Gasteiger partial charge in [-0.1, -0.05) is 19.9 Å². The van der Waals surface area contributed by atoms with Crippen molar-refractivity contribution in [1.82, 2.24) is 0 Å². The Bertz CT molecular complexity index is 657. The maximum atomic E-state index is 12.1. The van der Waals surface area contributed by atoms with E-state index in [0.717, 1.165) is 51.4 Å². The molecule has 0 bridgehead atoms. The zero-order valence-electron chi connectivity index (χ0n) is 16.5. The average Bonchev–Trinajstić information content (AvgIpc) is 3.21. The van der Waals surface area contributed by atoms with Crippen molar-refractivity contribution in [2.75, 3.05) is 0 Å². The molecule has 0 amide bonds. The van der Waals surface area contributed by atoms with E-state index in [1.54, 1.807) is 0 Å². The number of rotatable bonds is 1. The number of hydrogen-bond donors (Lipinski definition) is 2. The van der Waals surface area contributed by atoms with E-state index in [4.69, 9.17) is 0 Å². The van der Waals surface area contributed by atoms with E-state index in [1.807, 2.05) is 6.21 Å². The van der Waals surface area contributed by atoms with Gasteiger partial charge in [0.25, 0.3) is 0 Å². The molecule has 0 radical (unpaired) electrons. The second-order valence-electron chi connectivity index (χ2n) is 10.6. The van der Waals surface area contributed by atoms with Crippen LogP contribution >= 0.6 is 0 Å². The molecule has 3 nitrogen and oxygen atoms in total. The molecule has 144 valence electrons. The van der Waals surface area contributed by atoms with Crippen LogP contribution in [0.25, 0.3) is 0 Å². The molecule has 5 aliphatic rings. The van der Waals surface area contributed by atoms with Crippen LogP contribution in [-0.2, 0) is 0 Å². The highest BCUT2D eigenvalue weighted by Gasteiger charge is 2.67. The van der Waals surface area contributed by atoms with E-state index in [1.165, 1.54) is 18.5 Å². The van der Waals surface area contributed by atoms with Gasteiger partial charge in [0, 0.05) is 29.7 Å². The van der Waals surface area contributed by atoms with E-state index in [0.29, 0.717) is 29.1 Å². The predicted molar refractivity (Wildman–Crippen MR) is 104 cm³/mol. The van der Waals surface area contributed by atoms with E-state index in [9.17, 15) is 10.2 Å². The Morgan fingerprint density at radius 3 is 2.62 bits per heavy atom. The third-order valence-corrected chi connectivity index (χ3v) is 9.85. The Balaban J connectivity index is 1.48. The molecule has 1 heterocycles. The SMILES string of the molecule is C[C@]12CC[C@H](O)C[C@H]1CCC1C2CC[C@]2(C)[C@@H](C3=CCC=N3)CC[C@]12O. The quantitative estimate of drug-likeness (QED) is 0.727. The van der Waals surface area contributed by atoms with Gasteiger partial charge in [0.15, 0.2) is 0 Å². The summed E-state index contributed by atoms with van der Waals surface area (Å²) in [4.78, 5) is 4.67. The lowest BCUT2D eigenvalue weighted by molar-refractivity contribution is -0.208. The molecular weight excluding hydrogens is 322 g/mol. The van der Waals surface area contributed by atoms with Crippen molar-refractivity contribution >= 4 is 6.21 Å². The summed E-state index contributed by atoms with van der Waals surface area (Å²) in [5.74, 6) is 2.16. The van der Waals surface area contributed by atoms with Crippen LogP contribution in [0.1, 0.15) is 78.1 Å². The molecule has 4 saturated carbocycles. The van der Waals surface area contributed by atoms with Crippen LogP contribution in [0.3, 0.4) is 0 Å². The summed E-state index contributed by atoms with van der Waals surface area (Å²) in [6, 6.07) is 0. The fourth-order valence-electron chi connectivity index (χ4n) is 8.29. The first-order valence-electron chi connectivity index (χ1n) is 11.0. The Morgan fingerprint density at radius 1 is 1.00 bits per heavy atom. The Morgan fingerprint density at radius 2 is 1.85 bits per heavy atom. The van der Waals surface area contributed by atoms with Crippen molar-refractivity contribution in [3.63, 3.8) is 0 Å². The van der Waals surface area contributed by atoms with Gasteiger partial charge in [0.2, 0.25) is 0 Å². The van der Waals surface area contributed by atoms with Gasteiger partial charge in [0.1, 0.15) is 0 Å². The molecule has 0 aromatic rings. The number of allylic oxidation sites excluding steroid dienone is 2. The molecule has 26 heavy (non-hydrogen) atoms. The van der Waals surface area contributed by atoms with Crippen molar-refractivity contribution in [3.8, 4) is 0 Å². The maximum absolute atomic E-state index is 12.1. The van der Waals surface area contributed by atoms with Crippen molar-refractivity contribution in [3.05, 3.63) is 11.8 Å². The van der Waals surface area contributed by atoms with Gasteiger partial charge in [-0.3, -0.25) is 4.99 Å². The van der Waals surface area contributed by atoms with Crippen LogP contribution in [0.4, 0.5) is 0 Å². The number of hydrogen-bond acceptors (Lipinski definition) is 3. The predicted octanol–water partition coefficient (Wildman–Crippen LogP) is 4.48. The van der Waals surface area contributed by atoms with Crippen LogP contribution in [0, 0.1) is 34.5 Å². The van der Waals surface area contributed by atoms with Crippen LogP contribution < -0.4 is 0 Å². The van der Waals surface area contributed by atoms with E-state index in [-0.39, 0.29) is 11.5 Å². The topological polar surface area (TPSA) is 52.8 Å². The Hall–Kier alpha value is -0.670. The zero-order valence-corrected chi connectivity index (χ0v) is 16.5. The van der Waals surface area contributed by atoms with Crippen molar-refractivity contribution < 1.29 is 10.2 Å². The van der Waals surface area contributed by atoms with Crippen LogP contribution in [0.15, 0.2) is 16.8 Å². The summed E-state index contributed by atoms with van der Waals surface area (Å²) in [5.41, 5.74) is 1.03. The van der Waals surface area contributed by atoms with E-state index in [2.05, 4.69) is 24.9 Å². The fourth-order valence-corrected chi connectivity index (χ4v) is 8.29. The van der Waals surface area contributed by atoms with Gasteiger partial charge in [0.05, 0.1) is 11.7 Å². The lowest BCUT2D eigenvalue weighted by atomic mass is 9.43. The minimum Gasteiger partial charge on any atom is -0.393 e. The molecule has 8 atom stereocenters. The van der Waals surface area contributed by atoms with Crippen molar-refractivity contribution in [2.24, 2.45) is 39.5 Å². The smallest absolute Gasteiger partial charge is 0.0738 e. The van der Waals surface area contributed by atoms with Crippen molar-refractivity contribution in [1.29, 1.82) is 0 Å². The van der Waals surface area contributed by atoms with Gasteiger partial charge < -0.3 is 10.2 Å². The molecule has 2 unspecified atom stereocenters. The lowest BCUT2D eigenvalue weighted by Crippen LogP contribution is -2.62. The number of nitrogens with zero attached hydrogens (tertiary/aromatic N) is 1. The molecule has 4 aliphatic carbocycles. The summed E-state index contributed by atoms with van der Waals surface area (Å²) in [6.07, 6.45) is 15.0. The first-order valence-corrected chi connectivity index (χ1v) is 11.0. The summed E-state index contributed by atoms with van der Waals surface area (Å²) >= 11 is 0. The molecule has 0 aromatic heterocycles. The van der Waals surface area contributed by atoms with E-state index >= 15 is 0 Å². The van der Waals surface area contributed by atoms with Gasteiger partial charge in [-0.15, -0.1) is 0 Å². The van der Waals surface area contributed by atoms with Crippen LogP contribution in [-0.4, -0.2) is 28.1 Å². The number of aliphatic hydroxyl groups excluding tert-OH is 1. The third kappa shape index (κ3) is 2.11. The third-order valence-electron chi connectivity index (χ3n) is 9.85. The minimum atomic E-state index is -0.524. The standard InChI is InChI=1S/C23H35NO2/c1-21-10-7-16(25)14-15(21)5-6-18-17(21)8-11-22(2)19(9-12-23(18,22)26)20-4-3-13-24-20/h4,13,15-19,25-26H,3,5-12,14H2,1-2H3/t15-,16+,17?,18?,19-,21+,22-,23+/m1/s1. The molecule has 0 spiro atoms. The number of fused-ring (bicyclic) bond motifs is 5. The van der Waals surface area contributed by atoms with Gasteiger partial charge in [-0.2, -0.15) is 0 Å².